The van der Waals surface area contributed by atoms with Gasteiger partial charge in [0.25, 0.3) is 5.91 Å². The van der Waals surface area contributed by atoms with Gasteiger partial charge >= 0.3 is 0 Å². The van der Waals surface area contributed by atoms with Crippen LogP contribution in [0.15, 0.2) is 18.2 Å². The van der Waals surface area contributed by atoms with Gasteiger partial charge in [0.05, 0.1) is 6.54 Å². The van der Waals surface area contributed by atoms with Gasteiger partial charge in [-0.25, -0.2) is 0 Å². The van der Waals surface area contributed by atoms with Crippen LogP contribution in [0.3, 0.4) is 0 Å². The Balaban J connectivity index is 2.05. The average Bonchev–Trinajstić information content (AvgIpc) is 2.43. The molecular weight excluding hydrogens is 242 g/mol. The molecule has 0 fully saturated rings. The van der Waals surface area contributed by atoms with E-state index in [9.17, 15) is 9.59 Å². The zero-order valence-corrected chi connectivity index (χ0v) is 10.6. The van der Waals surface area contributed by atoms with Crippen molar-refractivity contribution in [2.24, 2.45) is 0 Å². The summed E-state index contributed by atoms with van der Waals surface area (Å²) in [6.45, 7) is 0.0971. The van der Waals surface area contributed by atoms with Crippen LogP contribution in [0.2, 0.25) is 0 Å². The van der Waals surface area contributed by atoms with Crippen LogP contribution in [0.25, 0.3) is 0 Å². The molecule has 0 bridgehead atoms. The second-order valence-electron chi connectivity index (χ2n) is 4.33. The van der Waals surface area contributed by atoms with Crippen molar-refractivity contribution >= 4 is 11.7 Å². The average molecular weight is 257 g/mol. The van der Waals surface area contributed by atoms with Gasteiger partial charge in [-0.15, -0.1) is 6.42 Å². The summed E-state index contributed by atoms with van der Waals surface area (Å²) in [5.74, 6) is 2.81. The quantitative estimate of drug-likeness (QED) is 0.828. The zero-order valence-electron chi connectivity index (χ0n) is 10.6. The molecule has 0 aliphatic heterocycles. The summed E-state index contributed by atoms with van der Waals surface area (Å²) < 4.78 is 5.48. The Hall–Kier alpha value is -2.28. The van der Waals surface area contributed by atoms with Crippen LogP contribution in [0, 0.1) is 12.3 Å². The van der Waals surface area contributed by atoms with E-state index < -0.39 is 0 Å². The van der Waals surface area contributed by atoms with Crippen molar-refractivity contribution in [3.63, 3.8) is 0 Å². The first-order valence-corrected chi connectivity index (χ1v) is 6.20. The van der Waals surface area contributed by atoms with Crippen molar-refractivity contribution in [2.45, 2.75) is 19.3 Å². The number of ether oxygens (including phenoxy) is 1. The topological polar surface area (TPSA) is 55.4 Å². The first-order valence-electron chi connectivity index (χ1n) is 6.20. The number of hydrogen-bond acceptors (Lipinski definition) is 3. The van der Waals surface area contributed by atoms with E-state index in [1.807, 2.05) is 6.07 Å². The third kappa shape index (κ3) is 3.14. The lowest BCUT2D eigenvalue weighted by molar-refractivity contribution is -0.122. The normalized spacial score (nSPS) is 13.3. The number of carbonyl (C=O) groups is 2. The Morgan fingerprint density at radius 2 is 2.26 bits per heavy atom. The number of ketones is 1. The minimum atomic E-state index is -0.266. The molecule has 98 valence electrons. The number of Topliss-reactive ketones (excluding diaryl/α,β-unsaturated/α-hetero) is 1. The van der Waals surface area contributed by atoms with Crippen molar-refractivity contribution in [3.8, 4) is 18.1 Å². The second kappa shape index (κ2) is 6.05. The summed E-state index contributed by atoms with van der Waals surface area (Å²) in [6.07, 6.45) is 7.27. The van der Waals surface area contributed by atoms with Gasteiger partial charge in [0, 0.05) is 17.5 Å². The third-order valence-corrected chi connectivity index (χ3v) is 3.01. The minimum absolute atomic E-state index is 0.0909. The first-order chi connectivity index (χ1) is 9.22. The number of amides is 1. The van der Waals surface area contributed by atoms with Crippen molar-refractivity contribution in [2.75, 3.05) is 13.2 Å². The van der Waals surface area contributed by atoms with Gasteiger partial charge in [-0.1, -0.05) is 18.1 Å². The second-order valence-corrected chi connectivity index (χ2v) is 4.33. The van der Waals surface area contributed by atoms with Crippen molar-refractivity contribution in [1.82, 2.24) is 5.32 Å². The molecule has 0 saturated carbocycles. The van der Waals surface area contributed by atoms with Crippen LogP contribution in [0.5, 0.6) is 5.75 Å². The standard InChI is InChI=1S/C15H15NO3/c1-2-9-16-15(18)10-19-14-8-4-5-11-12(14)6-3-7-13(11)17/h1,4-5,8H,3,6-7,9-10H2,(H,16,18). The van der Waals surface area contributed by atoms with Crippen molar-refractivity contribution in [1.29, 1.82) is 0 Å². The fourth-order valence-corrected chi connectivity index (χ4v) is 2.12. The molecule has 1 aromatic rings. The number of nitrogens with one attached hydrogen (secondary N) is 1. The van der Waals surface area contributed by atoms with E-state index in [0.717, 1.165) is 18.4 Å². The van der Waals surface area contributed by atoms with Gasteiger partial charge in [0.1, 0.15) is 5.75 Å². The molecule has 0 radical (unpaired) electrons. The van der Waals surface area contributed by atoms with E-state index in [2.05, 4.69) is 11.2 Å². The third-order valence-electron chi connectivity index (χ3n) is 3.01. The Bertz CT molecular complexity index is 543. The largest absolute Gasteiger partial charge is 0.483 e. The predicted molar refractivity (Wildman–Crippen MR) is 71.0 cm³/mol. The lowest BCUT2D eigenvalue weighted by Crippen LogP contribution is -2.29. The van der Waals surface area contributed by atoms with Crippen molar-refractivity contribution < 1.29 is 14.3 Å². The monoisotopic (exact) mass is 257 g/mol. The molecule has 0 unspecified atom stereocenters. The summed E-state index contributed by atoms with van der Waals surface area (Å²) in [6, 6.07) is 5.37. The van der Waals surface area contributed by atoms with Crippen LogP contribution in [0.1, 0.15) is 28.8 Å². The fourth-order valence-electron chi connectivity index (χ4n) is 2.12. The van der Waals surface area contributed by atoms with E-state index in [1.165, 1.54) is 0 Å². The maximum atomic E-state index is 11.8. The summed E-state index contributed by atoms with van der Waals surface area (Å²) >= 11 is 0. The molecular formula is C15H15NO3. The van der Waals surface area contributed by atoms with Gasteiger partial charge in [-0.2, -0.15) is 0 Å². The molecule has 0 saturated heterocycles. The van der Waals surface area contributed by atoms with Gasteiger partial charge in [0.2, 0.25) is 0 Å². The van der Waals surface area contributed by atoms with E-state index in [4.69, 9.17) is 11.2 Å². The summed E-state index contributed by atoms with van der Waals surface area (Å²) in [7, 11) is 0. The molecule has 0 spiro atoms. The molecule has 4 nitrogen and oxygen atoms in total. The smallest absolute Gasteiger partial charge is 0.258 e. The highest BCUT2D eigenvalue weighted by Gasteiger charge is 2.20. The maximum absolute atomic E-state index is 11.8. The first kappa shape index (κ1) is 13.2. The van der Waals surface area contributed by atoms with E-state index >= 15 is 0 Å². The zero-order chi connectivity index (χ0) is 13.7. The summed E-state index contributed by atoms with van der Waals surface area (Å²) in [5.41, 5.74) is 1.62. The number of rotatable bonds is 4. The molecule has 1 aliphatic carbocycles. The number of fused-ring (bicyclic) bond motifs is 1. The molecule has 0 aromatic heterocycles. The van der Waals surface area contributed by atoms with Gasteiger partial charge in [-0.3, -0.25) is 9.59 Å². The van der Waals surface area contributed by atoms with Crippen molar-refractivity contribution in [3.05, 3.63) is 29.3 Å². The highest BCUT2D eigenvalue weighted by Crippen LogP contribution is 2.29. The van der Waals surface area contributed by atoms with Crippen LogP contribution in [0.4, 0.5) is 0 Å². The van der Waals surface area contributed by atoms with Crippen LogP contribution in [-0.4, -0.2) is 24.8 Å². The maximum Gasteiger partial charge on any atom is 0.258 e. The molecule has 1 aliphatic rings. The number of carbonyl (C=O) groups excluding carboxylic acids is 2. The SMILES string of the molecule is C#CCNC(=O)COc1cccc2c1CCCC2=O. The lowest BCUT2D eigenvalue weighted by atomic mass is 9.90. The summed E-state index contributed by atoms with van der Waals surface area (Å²) in [5, 5.41) is 2.52. The van der Waals surface area contributed by atoms with Gasteiger partial charge < -0.3 is 10.1 Å². The molecule has 19 heavy (non-hydrogen) atoms. The molecule has 0 atom stereocenters. The Labute approximate surface area is 112 Å². The molecule has 4 heteroatoms. The number of terminal acetylenes is 1. The fraction of sp³-hybridized carbons (Fsp3) is 0.333. The number of benzene rings is 1. The molecule has 1 aromatic carbocycles. The molecule has 2 rings (SSSR count). The van der Waals surface area contributed by atoms with Crippen LogP contribution in [-0.2, 0) is 11.2 Å². The highest BCUT2D eigenvalue weighted by atomic mass is 16.5. The Morgan fingerprint density at radius 1 is 1.42 bits per heavy atom. The predicted octanol–water partition coefficient (Wildman–Crippen LogP) is 1.33. The minimum Gasteiger partial charge on any atom is -0.483 e. The van der Waals surface area contributed by atoms with E-state index in [0.29, 0.717) is 17.7 Å². The summed E-state index contributed by atoms with van der Waals surface area (Å²) in [4.78, 5) is 23.2. The Morgan fingerprint density at radius 3 is 3.05 bits per heavy atom. The van der Waals surface area contributed by atoms with Crippen LogP contribution >= 0.6 is 0 Å². The van der Waals surface area contributed by atoms with Gasteiger partial charge in [0.15, 0.2) is 12.4 Å². The lowest BCUT2D eigenvalue weighted by Gasteiger charge is -2.18. The van der Waals surface area contributed by atoms with E-state index in [-0.39, 0.29) is 24.8 Å². The molecule has 1 amide bonds. The van der Waals surface area contributed by atoms with E-state index in [1.54, 1.807) is 12.1 Å². The van der Waals surface area contributed by atoms with Crippen LogP contribution < -0.4 is 10.1 Å². The van der Waals surface area contributed by atoms with Gasteiger partial charge in [-0.05, 0) is 18.9 Å². The molecule has 1 N–H and O–H groups in total. The molecule has 0 heterocycles. The number of hydrogen-bond donors (Lipinski definition) is 1. The highest BCUT2D eigenvalue weighted by molar-refractivity contribution is 5.99. The Kier molecular flexibility index (Phi) is 4.19.